The van der Waals surface area contributed by atoms with Crippen molar-refractivity contribution in [3.05, 3.63) is 206 Å². The van der Waals surface area contributed by atoms with Crippen LogP contribution in [0.5, 0.6) is 0 Å². The molecule has 0 aliphatic carbocycles. The molecule has 12 aromatic rings. The number of furan rings is 1. The third kappa shape index (κ3) is 4.89. The van der Waals surface area contributed by atoms with Crippen LogP contribution in [-0.4, -0.2) is 0 Å². The SMILES string of the molecule is c1ccc(-c2ccc(-c3c4ccccc4c(-c4cccc5c4cc(-c4ccc6oc7ccccc7c6c4)c4c6ccccc6ccc54)c4ccccc34)cc2)cc1. The molecule has 0 N–H and O–H groups in total. The first kappa shape index (κ1) is 31.8. The molecule has 1 heterocycles. The summed E-state index contributed by atoms with van der Waals surface area (Å²) in [7, 11) is 0. The van der Waals surface area contributed by atoms with Gasteiger partial charge in [0.15, 0.2) is 0 Å². The molecule has 0 spiro atoms. The zero-order chi connectivity index (χ0) is 37.5. The first-order valence-electron chi connectivity index (χ1n) is 19.7. The van der Waals surface area contributed by atoms with Crippen LogP contribution in [-0.2, 0) is 0 Å². The van der Waals surface area contributed by atoms with E-state index in [0.717, 1.165) is 21.9 Å². The Labute approximate surface area is 329 Å². The maximum Gasteiger partial charge on any atom is 0.135 e. The molecular formula is C56H34O. The molecule has 12 rings (SSSR count). The lowest BCUT2D eigenvalue weighted by Crippen LogP contribution is -1.93. The van der Waals surface area contributed by atoms with Gasteiger partial charge in [0.2, 0.25) is 0 Å². The van der Waals surface area contributed by atoms with Gasteiger partial charge in [-0.3, -0.25) is 0 Å². The van der Waals surface area contributed by atoms with Gasteiger partial charge in [-0.2, -0.15) is 0 Å². The summed E-state index contributed by atoms with van der Waals surface area (Å²) in [6, 6.07) is 75.5. The first-order valence-corrected chi connectivity index (χ1v) is 19.7. The molecular weight excluding hydrogens is 689 g/mol. The minimum atomic E-state index is 0.906. The van der Waals surface area contributed by atoms with Crippen molar-refractivity contribution in [1.82, 2.24) is 0 Å². The molecule has 0 aliphatic heterocycles. The van der Waals surface area contributed by atoms with E-state index in [-0.39, 0.29) is 0 Å². The van der Waals surface area contributed by atoms with Crippen LogP contribution in [0.2, 0.25) is 0 Å². The minimum absolute atomic E-state index is 0.906. The van der Waals surface area contributed by atoms with E-state index in [1.165, 1.54) is 98.4 Å². The summed E-state index contributed by atoms with van der Waals surface area (Å²) in [5.74, 6) is 0. The van der Waals surface area contributed by atoms with E-state index >= 15 is 0 Å². The summed E-state index contributed by atoms with van der Waals surface area (Å²) < 4.78 is 6.30. The lowest BCUT2D eigenvalue weighted by atomic mass is 9.83. The van der Waals surface area contributed by atoms with Crippen LogP contribution < -0.4 is 0 Å². The normalized spacial score (nSPS) is 11.9. The fraction of sp³-hybridized carbons (Fsp3) is 0. The minimum Gasteiger partial charge on any atom is -0.456 e. The zero-order valence-electron chi connectivity index (χ0n) is 31.0. The maximum absolute atomic E-state index is 6.30. The summed E-state index contributed by atoms with van der Waals surface area (Å²) in [4.78, 5) is 0. The quantitative estimate of drug-likeness (QED) is 0.130. The van der Waals surface area contributed by atoms with Crippen LogP contribution in [0.1, 0.15) is 0 Å². The number of fused-ring (bicyclic) bond motifs is 10. The van der Waals surface area contributed by atoms with Gasteiger partial charge in [-0.1, -0.05) is 182 Å². The van der Waals surface area contributed by atoms with Gasteiger partial charge in [0.1, 0.15) is 11.2 Å². The summed E-state index contributed by atoms with van der Waals surface area (Å²) in [5.41, 5.74) is 11.6. The fourth-order valence-corrected chi connectivity index (χ4v) is 9.49. The predicted octanol–water partition coefficient (Wildman–Crippen LogP) is 16.0. The summed E-state index contributed by atoms with van der Waals surface area (Å²) in [5, 5.41) is 14.8. The molecule has 1 aromatic heterocycles. The molecule has 0 bridgehead atoms. The summed E-state index contributed by atoms with van der Waals surface area (Å²) >= 11 is 0. The van der Waals surface area contributed by atoms with Crippen molar-refractivity contribution in [3.8, 4) is 44.5 Å². The molecule has 0 unspecified atom stereocenters. The van der Waals surface area contributed by atoms with Crippen molar-refractivity contribution in [3.63, 3.8) is 0 Å². The van der Waals surface area contributed by atoms with Crippen molar-refractivity contribution in [2.24, 2.45) is 0 Å². The van der Waals surface area contributed by atoms with Crippen molar-refractivity contribution in [1.29, 1.82) is 0 Å². The Morgan fingerprint density at radius 1 is 0.246 bits per heavy atom. The molecule has 0 atom stereocenters. The van der Waals surface area contributed by atoms with Crippen LogP contribution in [0.15, 0.2) is 211 Å². The first-order chi connectivity index (χ1) is 28.3. The second kappa shape index (κ2) is 12.5. The van der Waals surface area contributed by atoms with Crippen molar-refractivity contribution >= 4 is 75.8 Å². The highest BCUT2D eigenvalue weighted by Gasteiger charge is 2.21. The number of benzene rings is 11. The molecule has 11 aromatic carbocycles. The average Bonchev–Trinajstić information content (AvgIpc) is 3.66. The highest BCUT2D eigenvalue weighted by atomic mass is 16.3. The third-order valence-electron chi connectivity index (χ3n) is 12.1. The molecule has 0 radical (unpaired) electrons. The largest absolute Gasteiger partial charge is 0.456 e. The Morgan fingerprint density at radius 3 is 1.56 bits per heavy atom. The Balaban J connectivity index is 1.16. The summed E-state index contributed by atoms with van der Waals surface area (Å²) in [6.45, 7) is 0. The monoisotopic (exact) mass is 722 g/mol. The van der Waals surface area contributed by atoms with E-state index in [1.807, 2.05) is 6.07 Å². The van der Waals surface area contributed by atoms with Gasteiger partial charge >= 0.3 is 0 Å². The van der Waals surface area contributed by atoms with E-state index < -0.39 is 0 Å². The zero-order valence-corrected chi connectivity index (χ0v) is 31.0. The average molecular weight is 723 g/mol. The van der Waals surface area contributed by atoms with E-state index in [9.17, 15) is 0 Å². The van der Waals surface area contributed by atoms with Gasteiger partial charge in [-0.25, -0.2) is 0 Å². The highest BCUT2D eigenvalue weighted by molar-refractivity contribution is 6.28. The van der Waals surface area contributed by atoms with Gasteiger partial charge in [0, 0.05) is 10.8 Å². The van der Waals surface area contributed by atoms with E-state index in [1.54, 1.807) is 0 Å². The van der Waals surface area contributed by atoms with Gasteiger partial charge < -0.3 is 4.42 Å². The van der Waals surface area contributed by atoms with Crippen LogP contribution in [0.25, 0.3) is 120 Å². The van der Waals surface area contributed by atoms with Crippen LogP contribution in [0, 0.1) is 0 Å². The Kier molecular flexibility index (Phi) is 7.00. The van der Waals surface area contributed by atoms with E-state index in [0.29, 0.717) is 0 Å². The number of hydrogen-bond acceptors (Lipinski definition) is 1. The van der Waals surface area contributed by atoms with Crippen molar-refractivity contribution < 1.29 is 4.42 Å². The molecule has 57 heavy (non-hydrogen) atoms. The Bertz CT molecular complexity index is 3500. The molecule has 1 nitrogen and oxygen atoms in total. The van der Waals surface area contributed by atoms with E-state index in [2.05, 4.69) is 200 Å². The fourth-order valence-electron chi connectivity index (χ4n) is 9.49. The van der Waals surface area contributed by atoms with Crippen molar-refractivity contribution in [2.45, 2.75) is 0 Å². The number of hydrogen-bond donors (Lipinski definition) is 0. The Morgan fingerprint density at radius 2 is 0.807 bits per heavy atom. The topological polar surface area (TPSA) is 13.1 Å². The molecule has 264 valence electrons. The lowest BCUT2D eigenvalue weighted by molar-refractivity contribution is 0.669. The van der Waals surface area contributed by atoms with Crippen molar-refractivity contribution in [2.75, 3.05) is 0 Å². The predicted molar refractivity (Wildman–Crippen MR) is 243 cm³/mol. The van der Waals surface area contributed by atoms with Gasteiger partial charge in [-0.05, 0) is 123 Å². The van der Waals surface area contributed by atoms with Gasteiger partial charge in [0.25, 0.3) is 0 Å². The smallest absolute Gasteiger partial charge is 0.135 e. The van der Waals surface area contributed by atoms with Gasteiger partial charge in [-0.15, -0.1) is 0 Å². The van der Waals surface area contributed by atoms with Crippen LogP contribution >= 0.6 is 0 Å². The molecule has 0 saturated carbocycles. The molecule has 0 fully saturated rings. The second-order valence-electron chi connectivity index (χ2n) is 15.1. The second-order valence-corrected chi connectivity index (χ2v) is 15.1. The standard InChI is InChI=1S/C56H34O/c1-2-13-35(14-3-1)36-25-27-38(28-26-36)54-43-18-6-8-20-45(43)56(46-21-9-7-19-44(46)54)47-23-12-22-41-48-31-29-37-15-4-5-16-40(37)55(48)49(34-50(41)47)39-30-32-53-51(33-39)42-17-10-11-24-52(42)57-53/h1-34H. The Hall–Kier alpha value is -7.48. The molecule has 0 amide bonds. The molecule has 1 heteroatoms. The van der Waals surface area contributed by atoms with Crippen LogP contribution in [0.3, 0.4) is 0 Å². The maximum atomic E-state index is 6.30. The van der Waals surface area contributed by atoms with Gasteiger partial charge in [0.05, 0.1) is 0 Å². The number of rotatable bonds is 4. The third-order valence-corrected chi connectivity index (χ3v) is 12.1. The van der Waals surface area contributed by atoms with E-state index in [4.69, 9.17) is 4.42 Å². The molecule has 0 saturated heterocycles. The highest BCUT2D eigenvalue weighted by Crippen LogP contribution is 2.48. The molecule has 0 aliphatic rings. The lowest BCUT2D eigenvalue weighted by Gasteiger charge is -2.20. The number of para-hydroxylation sites is 1. The summed E-state index contributed by atoms with van der Waals surface area (Å²) in [6.07, 6.45) is 0. The van der Waals surface area contributed by atoms with Crippen LogP contribution in [0.4, 0.5) is 0 Å².